The molecule has 3 rings (SSSR count). The standard InChI is InChI=1S/C18H17N3O4/c1-3-14(17(22)21-16-11(2)5-4-8-19-16)25-18(23)12-6-7-15-13(9-12)20-10-24-15/h4-10,14H,3H2,1-2H3,(H,19,21,22). The maximum atomic E-state index is 12.4. The Kier molecular flexibility index (Phi) is 4.74. The first-order valence-corrected chi connectivity index (χ1v) is 7.85. The maximum Gasteiger partial charge on any atom is 0.338 e. The van der Waals surface area contributed by atoms with Gasteiger partial charge in [0.15, 0.2) is 18.1 Å². The Balaban J connectivity index is 1.71. The minimum Gasteiger partial charge on any atom is -0.449 e. The van der Waals surface area contributed by atoms with E-state index in [4.69, 9.17) is 9.15 Å². The van der Waals surface area contributed by atoms with Crippen LogP contribution in [0, 0.1) is 6.92 Å². The van der Waals surface area contributed by atoms with Crippen LogP contribution >= 0.6 is 0 Å². The first-order chi connectivity index (χ1) is 12.1. The number of amides is 1. The van der Waals surface area contributed by atoms with E-state index in [2.05, 4.69) is 15.3 Å². The molecule has 25 heavy (non-hydrogen) atoms. The van der Waals surface area contributed by atoms with Gasteiger partial charge in [-0.25, -0.2) is 14.8 Å². The lowest BCUT2D eigenvalue weighted by molar-refractivity contribution is -0.124. The van der Waals surface area contributed by atoms with Crippen LogP contribution in [0.15, 0.2) is 47.3 Å². The van der Waals surface area contributed by atoms with Gasteiger partial charge in [-0.15, -0.1) is 0 Å². The number of hydrogen-bond acceptors (Lipinski definition) is 6. The second-order valence-electron chi connectivity index (χ2n) is 5.50. The fourth-order valence-electron chi connectivity index (χ4n) is 2.32. The van der Waals surface area contributed by atoms with E-state index < -0.39 is 18.0 Å². The Morgan fingerprint density at radius 2 is 2.12 bits per heavy atom. The fraction of sp³-hybridized carbons (Fsp3) is 0.222. The largest absolute Gasteiger partial charge is 0.449 e. The number of fused-ring (bicyclic) bond motifs is 1. The van der Waals surface area contributed by atoms with Crippen molar-refractivity contribution in [1.82, 2.24) is 9.97 Å². The van der Waals surface area contributed by atoms with Crippen molar-refractivity contribution in [2.45, 2.75) is 26.4 Å². The van der Waals surface area contributed by atoms with Gasteiger partial charge in [0.05, 0.1) is 5.56 Å². The summed E-state index contributed by atoms with van der Waals surface area (Å²) in [6.45, 7) is 3.60. The molecule has 2 aromatic heterocycles. The number of hydrogen-bond donors (Lipinski definition) is 1. The molecule has 0 bridgehead atoms. The number of oxazole rings is 1. The highest BCUT2D eigenvalue weighted by atomic mass is 16.5. The molecule has 0 saturated heterocycles. The number of nitrogens with zero attached hydrogens (tertiary/aromatic N) is 2. The molecule has 0 radical (unpaired) electrons. The summed E-state index contributed by atoms with van der Waals surface area (Å²) in [5.41, 5.74) is 2.26. The Bertz CT molecular complexity index is 919. The number of anilines is 1. The van der Waals surface area contributed by atoms with Gasteiger partial charge in [0.2, 0.25) is 0 Å². The molecule has 1 amide bonds. The van der Waals surface area contributed by atoms with Gasteiger partial charge in [-0.2, -0.15) is 0 Å². The Morgan fingerprint density at radius 1 is 1.28 bits per heavy atom. The monoisotopic (exact) mass is 339 g/mol. The van der Waals surface area contributed by atoms with Gasteiger partial charge < -0.3 is 14.5 Å². The molecule has 0 aliphatic heterocycles. The number of benzene rings is 1. The molecule has 0 fully saturated rings. The molecule has 0 aliphatic rings. The van der Waals surface area contributed by atoms with E-state index in [0.717, 1.165) is 5.56 Å². The van der Waals surface area contributed by atoms with Crippen LogP contribution in [0.3, 0.4) is 0 Å². The molecular formula is C18H17N3O4. The molecule has 128 valence electrons. The van der Waals surface area contributed by atoms with E-state index in [1.807, 2.05) is 13.0 Å². The van der Waals surface area contributed by atoms with Crippen molar-refractivity contribution in [1.29, 1.82) is 0 Å². The minimum absolute atomic E-state index is 0.307. The number of rotatable bonds is 5. The van der Waals surface area contributed by atoms with Crippen LogP contribution in [-0.4, -0.2) is 27.9 Å². The lowest BCUT2D eigenvalue weighted by Crippen LogP contribution is -2.32. The number of carbonyl (C=O) groups is 2. The van der Waals surface area contributed by atoms with Crippen LogP contribution < -0.4 is 5.32 Å². The zero-order valence-electron chi connectivity index (χ0n) is 13.9. The number of nitrogens with one attached hydrogen (secondary N) is 1. The lowest BCUT2D eigenvalue weighted by Gasteiger charge is -2.16. The summed E-state index contributed by atoms with van der Waals surface area (Å²) in [6, 6.07) is 8.39. The molecule has 1 aromatic carbocycles. The quantitative estimate of drug-likeness (QED) is 0.718. The molecule has 0 aliphatic carbocycles. The van der Waals surface area contributed by atoms with E-state index >= 15 is 0 Å². The van der Waals surface area contributed by atoms with Crippen molar-refractivity contribution in [3.05, 3.63) is 54.0 Å². The van der Waals surface area contributed by atoms with Crippen molar-refractivity contribution >= 4 is 28.8 Å². The van der Waals surface area contributed by atoms with Crippen LogP contribution in [0.5, 0.6) is 0 Å². The van der Waals surface area contributed by atoms with Gasteiger partial charge >= 0.3 is 5.97 Å². The minimum atomic E-state index is -0.915. The number of ether oxygens (including phenoxy) is 1. The van der Waals surface area contributed by atoms with Crippen LogP contribution in [0.4, 0.5) is 5.82 Å². The van der Waals surface area contributed by atoms with Gasteiger partial charge in [-0.05, 0) is 43.2 Å². The van der Waals surface area contributed by atoms with Crippen molar-refractivity contribution < 1.29 is 18.7 Å². The van der Waals surface area contributed by atoms with Crippen molar-refractivity contribution in [3.63, 3.8) is 0 Å². The van der Waals surface area contributed by atoms with E-state index in [9.17, 15) is 9.59 Å². The third kappa shape index (κ3) is 3.65. The zero-order chi connectivity index (χ0) is 17.8. The molecule has 2 heterocycles. The second-order valence-corrected chi connectivity index (χ2v) is 5.50. The smallest absolute Gasteiger partial charge is 0.338 e. The summed E-state index contributed by atoms with van der Waals surface area (Å²) in [7, 11) is 0. The molecule has 1 atom stereocenters. The molecule has 3 aromatic rings. The predicted octanol–water partition coefficient (Wildman–Crippen LogP) is 3.11. The van der Waals surface area contributed by atoms with Gasteiger partial charge in [-0.1, -0.05) is 13.0 Å². The highest BCUT2D eigenvalue weighted by Crippen LogP contribution is 2.17. The SMILES string of the molecule is CCC(OC(=O)c1ccc2ocnc2c1)C(=O)Nc1ncccc1C. The van der Waals surface area contributed by atoms with Crippen molar-refractivity contribution in [2.75, 3.05) is 5.32 Å². The normalized spacial score (nSPS) is 11.9. The molecule has 0 spiro atoms. The molecule has 0 saturated carbocycles. The third-order valence-electron chi connectivity index (χ3n) is 3.73. The predicted molar refractivity (Wildman–Crippen MR) is 91.1 cm³/mol. The third-order valence-corrected chi connectivity index (χ3v) is 3.73. The van der Waals surface area contributed by atoms with Gasteiger partial charge in [0, 0.05) is 6.20 Å². The Hall–Kier alpha value is -3.22. The van der Waals surface area contributed by atoms with E-state index in [-0.39, 0.29) is 0 Å². The van der Waals surface area contributed by atoms with Crippen LogP contribution in [0.25, 0.3) is 11.1 Å². The molecule has 1 unspecified atom stereocenters. The van der Waals surface area contributed by atoms with Crippen molar-refractivity contribution in [3.8, 4) is 0 Å². The van der Waals surface area contributed by atoms with E-state index in [0.29, 0.717) is 28.9 Å². The number of aromatic nitrogens is 2. The Labute approximate surface area is 144 Å². The van der Waals surface area contributed by atoms with Crippen molar-refractivity contribution in [2.24, 2.45) is 0 Å². The van der Waals surface area contributed by atoms with Gasteiger partial charge in [0.25, 0.3) is 5.91 Å². The lowest BCUT2D eigenvalue weighted by atomic mass is 10.2. The first kappa shape index (κ1) is 16.6. The Morgan fingerprint density at radius 3 is 2.88 bits per heavy atom. The summed E-state index contributed by atoms with van der Waals surface area (Å²) in [5.74, 6) is -0.559. The fourth-order valence-corrected chi connectivity index (χ4v) is 2.32. The van der Waals surface area contributed by atoms with E-state index in [1.165, 1.54) is 6.39 Å². The summed E-state index contributed by atoms with van der Waals surface area (Å²) >= 11 is 0. The first-order valence-electron chi connectivity index (χ1n) is 7.85. The average Bonchev–Trinajstić information content (AvgIpc) is 3.09. The van der Waals surface area contributed by atoms with Crippen LogP contribution in [0.2, 0.25) is 0 Å². The van der Waals surface area contributed by atoms with Crippen LogP contribution in [0.1, 0.15) is 29.3 Å². The summed E-state index contributed by atoms with van der Waals surface area (Å²) in [5, 5.41) is 2.69. The van der Waals surface area contributed by atoms with Crippen LogP contribution in [-0.2, 0) is 9.53 Å². The zero-order valence-corrected chi connectivity index (χ0v) is 13.9. The van der Waals surface area contributed by atoms with E-state index in [1.54, 1.807) is 37.4 Å². The second kappa shape index (κ2) is 7.12. The maximum absolute atomic E-state index is 12.4. The summed E-state index contributed by atoms with van der Waals surface area (Å²) < 4.78 is 10.5. The number of aryl methyl sites for hydroxylation is 1. The molecule has 1 N–H and O–H groups in total. The van der Waals surface area contributed by atoms with Gasteiger partial charge in [-0.3, -0.25) is 4.79 Å². The highest BCUT2D eigenvalue weighted by molar-refractivity contribution is 5.98. The molecular weight excluding hydrogens is 322 g/mol. The highest BCUT2D eigenvalue weighted by Gasteiger charge is 2.23. The number of pyridine rings is 1. The summed E-state index contributed by atoms with van der Waals surface area (Å²) in [4.78, 5) is 32.8. The van der Waals surface area contributed by atoms with Gasteiger partial charge in [0.1, 0.15) is 11.3 Å². The average molecular weight is 339 g/mol. The topological polar surface area (TPSA) is 94.3 Å². The number of carbonyl (C=O) groups excluding carboxylic acids is 2. The summed E-state index contributed by atoms with van der Waals surface area (Å²) in [6.07, 6.45) is 2.32. The molecule has 7 nitrogen and oxygen atoms in total. The number of esters is 1. The molecule has 7 heteroatoms.